The molecule has 3 rings (SSSR count). The van der Waals surface area contributed by atoms with Crippen molar-refractivity contribution in [3.8, 4) is 0 Å². The van der Waals surface area contributed by atoms with Gasteiger partial charge in [-0.15, -0.1) is 11.6 Å². The maximum Gasteiger partial charge on any atom is 0.243 e. The molecule has 0 amide bonds. The average Bonchev–Trinajstić information content (AvgIpc) is 2.62. The van der Waals surface area contributed by atoms with Crippen LogP contribution in [0.25, 0.3) is 0 Å². The highest BCUT2D eigenvalue weighted by Gasteiger charge is 2.36. The molecule has 0 aliphatic carbocycles. The quantitative estimate of drug-likeness (QED) is 0.542. The lowest BCUT2D eigenvalue weighted by Gasteiger charge is -2.35. The summed E-state index contributed by atoms with van der Waals surface area (Å²) in [4.78, 5) is 0.283. The first-order valence-corrected chi connectivity index (χ1v) is 10.4. The summed E-state index contributed by atoms with van der Waals surface area (Å²) >= 11 is 12.5. The number of sulfonamides is 1. The molecule has 0 saturated heterocycles. The predicted molar refractivity (Wildman–Crippen MR) is 103 cm³/mol. The molecule has 0 bridgehead atoms. The van der Waals surface area contributed by atoms with Gasteiger partial charge < -0.3 is 0 Å². The molecule has 0 saturated carbocycles. The van der Waals surface area contributed by atoms with Crippen LogP contribution in [0.4, 0.5) is 0 Å². The van der Waals surface area contributed by atoms with Crippen LogP contribution in [0.15, 0.2) is 65.1 Å². The third-order valence-corrected chi connectivity index (χ3v) is 6.91. The fourth-order valence-electron chi connectivity index (χ4n) is 3.09. The Morgan fingerprint density at radius 3 is 2.44 bits per heavy atom. The summed E-state index contributed by atoms with van der Waals surface area (Å²) in [5.41, 5.74) is 2.63. The molecule has 132 valence electrons. The molecule has 0 unspecified atom stereocenters. The van der Waals surface area contributed by atoms with Crippen LogP contribution in [-0.4, -0.2) is 25.1 Å². The van der Waals surface area contributed by atoms with Crippen LogP contribution >= 0.6 is 23.2 Å². The molecular weight excluding hydrogens is 377 g/mol. The number of hydrogen-bond donors (Lipinski definition) is 0. The Hall–Kier alpha value is -1.33. The van der Waals surface area contributed by atoms with Gasteiger partial charge in [0, 0.05) is 17.4 Å². The van der Waals surface area contributed by atoms with Crippen LogP contribution in [0.1, 0.15) is 23.6 Å². The van der Waals surface area contributed by atoms with Gasteiger partial charge >= 0.3 is 0 Å². The Bertz CT molecular complexity index is 892. The zero-order valence-electron chi connectivity index (χ0n) is 13.8. The number of nitrogens with zero attached hydrogens (tertiary/aromatic N) is 1. The minimum absolute atomic E-state index is 0.260. The van der Waals surface area contributed by atoms with Gasteiger partial charge in [-0.05, 0) is 42.7 Å². The van der Waals surface area contributed by atoms with Crippen LogP contribution < -0.4 is 0 Å². The second-order valence-corrected chi connectivity index (χ2v) is 8.62. The highest BCUT2D eigenvalue weighted by atomic mass is 35.5. The van der Waals surface area contributed by atoms with E-state index in [0.29, 0.717) is 18.0 Å². The van der Waals surface area contributed by atoms with E-state index in [4.69, 9.17) is 23.2 Å². The van der Waals surface area contributed by atoms with Gasteiger partial charge in [-0.2, -0.15) is 4.31 Å². The van der Waals surface area contributed by atoms with E-state index >= 15 is 0 Å². The fraction of sp³-hybridized carbons (Fsp3) is 0.263. The lowest BCUT2D eigenvalue weighted by molar-refractivity contribution is 0.346. The normalized spacial score (nSPS) is 18.8. The van der Waals surface area contributed by atoms with Crippen molar-refractivity contribution in [1.29, 1.82) is 0 Å². The van der Waals surface area contributed by atoms with Crippen LogP contribution in [-0.2, 0) is 10.0 Å². The molecular formula is C19H19Cl2NO2S. The van der Waals surface area contributed by atoms with E-state index in [1.807, 2.05) is 31.2 Å². The van der Waals surface area contributed by atoms with Crippen LogP contribution in [0.5, 0.6) is 0 Å². The van der Waals surface area contributed by atoms with Crippen LogP contribution in [0, 0.1) is 6.92 Å². The van der Waals surface area contributed by atoms with Crippen LogP contribution in [0.2, 0.25) is 5.02 Å². The smallest absolute Gasteiger partial charge is 0.207 e. The maximum absolute atomic E-state index is 13.3. The summed E-state index contributed by atoms with van der Waals surface area (Å²) in [6.45, 7) is 2.32. The Balaban J connectivity index is 2.11. The number of halogens is 2. The summed E-state index contributed by atoms with van der Waals surface area (Å²) < 4.78 is 28.0. The molecule has 0 N–H and O–H groups in total. The van der Waals surface area contributed by atoms with Gasteiger partial charge in [0.15, 0.2) is 0 Å². The van der Waals surface area contributed by atoms with Crippen molar-refractivity contribution >= 4 is 33.2 Å². The first-order chi connectivity index (χ1) is 11.9. The monoisotopic (exact) mass is 395 g/mol. The number of benzene rings is 2. The molecule has 0 radical (unpaired) electrons. The van der Waals surface area contributed by atoms with Gasteiger partial charge in [-0.3, -0.25) is 0 Å². The lowest BCUT2D eigenvalue weighted by atomic mass is 9.96. The summed E-state index contributed by atoms with van der Waals surface area (Å²) in [5, 5.41) is 0.537. The SMILES string of the molecule is Cc1ccc(S(=O)(=O)N2CCC=C(CCl)[C@H]2c2ccccc2Cl)cc1. The topological polar surface area (TPSA) is 37.4 Å². The Morgan fingerprint density at radius 1 is 1.12 bits per heavy atom. The van der Waals surface area contributed by atoms with E-state index in [-0.39, 0.29) is 10.8 Å². The van der Waals surface area contributed by atoms with Crippen molar-refractivity contribution in [2.24, 2.45) is 0 Å². The molecule has 1 aliphatic rings. The zero-order chi connectivity index (χ0) is 18.0. The highest BCUT2D eigenvalue weighted by Crippen LogP contribution is 2.39. The summed E-state index contributed by atoms with van der Waals surface area (Å²) in [5.74, 6) is 0.260. The van der Waals surface area contributed by atoms with Gasteiger partial charge in [-0.25, -0.2) is 8.42 Å². The molecule has 1 aliphatic heterocycles. The van der Waals surface area contributed by atoms with Crippen molar-refractivity contribution in [2.75, 3.05) is 12.4 Å². The van der Waals surface area contributed by atoms with E-state index < -0.39 is 16.1 Å². The number of rotatable bonds is 4. The van der Waals surface area contributed by atoms with Crippen molar-refractivity contribution in [3.63, 3.8) is 0 Å². The average molecular weight is 396 g/mol. The molecule has 25 heavy (non-hydrogen) atoms. The Kier molecular flexibility index (Phi) is 5.54. The largest absolute Gasteiger partial charge is 0.243 e. The second kappa shape index (κ2) is 7.50. The van der Waals surface area contributed by atoms with Crippen molar-refractivity contribution in [3.05, 3.63) is 76.3 Å². The summed E-state index contributed by atoms with van der Waals surface area (Å²) in [7, 11) is -3.66. The van der Waals surface area contributed by atoms with Gasteiger partial charge in [0.2, 0.25) is 10.0 Å². The Labute approximate surface area is 158 Å². The number of aryl methyl sites for hydroxylation is 1. The van der Waals surface area contributed by atoms with Crippen LogP contribution in [0.3, 0.4) is 0 Å². The van der Waals surface area contributed by atoms with Crippen molar-refractivity contribution in [1.82, 2.24) is 4.31 Å². The van der Waals surface area contributed by atoms with E-state index in [1.165, 1.54) is 4.31 Å². The summed E-state index contributed by atoms with van der Waals surface area (Å²) in [6, 6.07) is 13.7. The van der Waals surface area contributed by atoms with E-state index in [0.717, 1.165) is 16.7 Å². The highest BCUT2D eigenvalue weighted by molar-refractivity contribution is 7.89. The maximum atomic E-state index is 13.3. The third kappa shape index (κ3) is 3.63. The number of hydrogen-bond acceptors (Lipinski definition) is 2. The minimum atomic E-state index is -3.66. The second-order valence-electron chi connectivity index (χ2n) is 6.05. The van der Waals surface area contributed by atoms with E-state index in [9.17, 15) is 8.42 Å². The Morgan fingerprint density at radius 2 is 1.80 bits per heavy atom. The van der Waals surface area contributed by atoms with Crippen molar-refractivity contribution < 1.29 is 8.42 Å². The lowest BCUT2D eigenvalue weighted by Crippen LogP contribution is -2.39. The fourth-order valence-corrected chi connectivity index (χ4v) is 5.20. The molecule has 3 nitrogen and oxygen atoms in total. The van der Waals surface area contributed by atoms with Crippen molar-refractivity contribution in [2.45, 2.75) is 24.3 Å². The van der Waals surface area contributed by atoms with Gasteiger partial charge in [0.05, 0.1) is 10.9 Å². The molecule has 1 atom stereocenters. The molecule has 2 aromatic rings. The van der Waals surface area contributed by atoms with E-state index in [2.05, 4.69) is 0 Å². The standard InChI is InChI=1S/C19H19Cl2NO2S/c1-14-8-10-16(11-9-14)25(23,24)22-12-4-5-15(13-20)19(22)17-6-2-3-7-18(17)21/h2-3,5-11,19H,4,12-13H2,1H3/t19-/m0/s1. The van der Waals surface area contributed by atoms with Gasteiger partial charge in [0.25, 0.3) is 0 Å². The molecule has 1 heterocycles. The zero-order valence-corrected chi connectivity index (χ0v) is 16.2. The molecule has 0 fully saturated rings. The molecule has 0 aromatic heterocycles. The predicted octanol–water partition coefficient (Wildman–Crippen LogP) is 4.95. The molecule has 6 heteroatoms. The first-order valence-electron chi connectivity index (χ1n) is 8.03. The molecule has 2 aromatic carbocycles. The summed E-state index contributed by atoms with van der Waals surface area (Å²) in [6.07, 6.45) is 2.65. The van der Waals surface area contributed by atoms with E-state index in [1.54, 1.807) is 30.3 Å². The number of alkyl halides is 1. The molecule has 0 spiro atoms. The minimum Gasteiger partial charge on any atom is -0.207 e. The first kappa shape index (κ1) is 18.5. The van der Waals surface area contributed by atoms with Gasteiger partial charge in [0.1, 0.15) is 0 Å². The third-order valence-electron chi connectivity index (χ3n) is 4.38. The van der Waals surface area contributed by atoms with Gasteiger partial charge in [-0.1, -0.05) is 53.6 Å².